The average Bonchev–Trinajstić information content (AvgIpc) is 2.77. The maximum atomic E-state index is 13.0. The summed E-state index contributed by atoms with van der Waals surface area (Å²) in [6.07, 6.45) is 2.04. The third kappa shape index (κ3) is 4.23. The van der Waals surface area contributed by atoms with E-state index in [-0.39, 0.29) is 17.7 Å². The molecular formula is C26H28N2O2. The highest BCUT2D eigenvalue weighted by Crippen LogP contribution is 2.24. The van der Waals surface area contributed by atoms with E-state index in [1.54, 1.807) is 0 Å². The quantitative estimate of drug-likeness (QED) is 0.679. The predicted octanol–water partition coefficient (Wildman–Crippen LogP) is 4.88. The van der Waals surface area contributed by atoms with Crippen molar-refractivity contribution in [3.8, 4) is 0 Å². The number of anilines is 1. The molecule has 1 fully saturated rings. The molecule has 0 aliphatic carbocycles. The van der Waals surface area contributed by atoms with Gasteiger partial charge in [-0.2, -0.15) is 0 Å². The van der Waals surface area contributed by atoms with Gasteiger partial charge >= 0.3 is 0 Å². The number of likely N-dealkylation sites (tertiary alicyclic amines) is 1. The molecule has 1 atom stereocenters. The predicted molar refractivity (Wildman–Crippen MR) is 122 cm³/mol. The molecule has 0 radical (unpaired) electrons. The third-order valence-corrected chi connectivity index (χ3v) is 6.23. The van der Waals surface area contributed by atoms with Crippen molar-refractivity contribution < 1.29 is 9.59 Å². The summed E-state index contributed by atoms with van der Waals surface area (Å²) in [4.78, 5) is 27.8. The van der Waals surface area contributed by atoms with Crippen LogP contribution in [0.3, 0.4) is 0 Å². The Balaban J connectivity index is 1.43. The second-order valence-corrected chi connectivity index (χ2v) is 8.23. The zero-order chi connectivity index (χ0) is 21.1. The maximum absolute atomic E-state index is 13.0. The standard InChI is InChI=1S/C26H28N2O2/c1-18-8-5-14-24(19(18)2)27-26(30)22-12-7-15-28(17-22)25(29)16-21-11-6-10-20-9-3-4-13-23(20)21/h3-6,8-11,13-14,22H,7,12,15-17H2,1-2H3,(H,27,30)/t22-/m0/s1. The first-order valence-corrected chi connectivity index (χ1v) is 10.6. The molecule has 154 valence electrons. The van der Waals surface area contributed by atoms with Gasteiger partial charge < -0.3 is 10.2 Å². The Bertz CT molecular complexity index is 1080. The Hall–Kier alpha value is -3.14. The van der Waals surface area contributed by atoms with Crippen molar-refractivity contribution in [2.24, 2.45) is 5.92 Å². The summed E-state index contributed by atoms with van der Waals surface area (Å²) < 4.78 is 0. The van der Waals surface area contributed by atoms with Crippen molar-refractivity contribution in [3.63, 3.8) is 0 Å². The SMILES string of the molecule is Cc1cccc(NC(=O)[C@H]2CCCN(C(=O)Cc3cccc4ccccc34)C2)c1C. The van der Waals surface area contributed by atoms with Crippen LogP contribution in [0.5, 0.6) is 0 Å². The van der Waals surface area contributed by atoms with Crippen molar-refractivity contribution in [2.45, 2.75) is 33.1 Å². The monoisotopic (exact) mass is 400 g/mol. The average molecular weight is 401 g/mol. The number of hydrogen-bond donors (Lipinski definition) is 1. The summed E-state index contributed by atoms with van der Waals surface area (Å²) in [5, 5.41) is 5.34. The van der Waals surface area contributed by atoms with Gasteiger partial charge in [-0.25, -0.2) is 0 Å². The normalized spacial score (nSPS) is 16.5. The summed E-state index contributed by atoms with van der Waals surface area (Å²) in [7, 11) is 0. The molecule has 1 heterocycles. The Kier molecular flexibility index (Phi) is 5.84. The molecule has 2 amide bonds. The second kappa shape index (κ2) is 8.70. The minimum absolute atomic E-state index is 0.00589. The molecule has 0 spiro atoms. The molecule has 3 aromatic carbocycles. The van der Waals surface area contributed by atoms with E-state index >= 15 is 0 Å². The van der Waals surface area contributed by atoms with Gasteiger partial charge in [0.05, 0.1) is 12.3 Å². The van der Waals surface area contributed by atoms with E-state index in [4.69, 9.17) is 0 Å². The van der Waals surface area contributed by atoms with E-state index in [1.807, 2.05) is 61.2 Å². The number of nitrogens with zero attached hydrogens (tertiary/aromatic N) is 1. The Morgan fingerprint density at radius 2 is 1.77 bits per heavy atom. The number of aryl methyl sites for hydroxylation is 1. The Morgan fingerprint density at radius 3 is 2.63 bits per heavy atom. The molecule has 1 N–H and O–H groups in total. The highest BCUT2D eigenvalue weighted by molar-refractivity contribution is 5.94. The van der Waals surface area contributed by atoms with Gasteiger partial charge in [-0.05, 0) is 60.2 Å². The fourth-order valence-corrected chi connectivity index (χ4v) is 4.26. The van der Waals surface area contributed by atoms with E-state index in [2.05, 4.69) is 23.5 Å². The van der Waals surface area contributed by atoms with Gasteiger partial charge in [0.1, 0.15) is 0 Å². The molecule has 4 rings (SSSR count). The lowest BCUT2D eigenvalue weighted by Gasteiger charge is -2.32. The summed E-state index contributed by atoms with van der Waals surface area (Å²) in [5.74, 6) is -0.0721. The van der Waals surface area contributed by atoms with Gasteiger partial charge in [0.15, 0.2) is 0 Å². The van der Waals surface area contributed by atoms with Gasteiger partial charge in [0, 0.05) is 18.8 Å². The van der Waals surface area contributed by atoms with Crippen molar-refractivity contribution in [1.82, 2.24) is 4.90 Å². The van der Waals surface area contributed by atoms with E-state index in [0.29, 0.717) is 13.0 Å². The van der Waals surface area contributed by atoms with Crippen molar-refractivity contribution >= 4 is 28.3 Å². The summed E-state index contributed by atoms with van der Waals surface area (Å²) in [6, 6.07) is 20.2. The van der Waals surface area contributed by atoms with Crippen LogP contribution in [0.25, 0.3) is 10.8 Å². The number of hydrogen-bond acceptors (Lipinski definition) is 2. The zero-order valence-electron chi connectivity index (χ0n) is 17.7. The fraction of sp³-hybridized carbons (Fsp3) is 0.308. The van der Waals surface area contributed by atoms with Gasteiger partial charge in [0.2, 0.25) is 11.8 Å². The van der Waals surface area contributed by atoms with Gasteiger partial charge in [-0.3, -0.25) is 9.59 Å². The third-order valence-electron chi connectivity index (χ3n) is 6.23. The molecule has 0 unspecified atom stereocenters. The van der Waals surface area contributed by atoms with E-state index < -0.39 is 0 Å². The van der Waals surface area contributed by atoms with Crippen LogP contribution >= 0.6 is 0 Å². The minimum Gasteiger partial charge on any atom is -0.342 e. The number of benzene rings is 3. The van der Waals surface area contributed by atoms with Crippen molar-refractivity contribution in [2.75, 3.05) is 18.4 Å². The lowest BCUT2D eigenvalue weighted by molar-refractivity contribution is -0.133. The Labute approximate surface area is 177 Å². The lowest BCUT2D eigenvalue weighted by Crippen LogP contribution is -2.44. The highest BCUT2D eigenvalue weighted by atomic mass is 16.2. The molecule has 1 aliphatic heterocycles. The first kappa shape index (κ1) is 20.1. The molecule has 0 saturated carbocycles. The minimum atomic E-state index is -0.171. The number of carbonyl (C=O) groups excluding carboxylic acids is 2. The van der Waals surface area contributed by atoms with Gasteiger partial charge in [-0.1, -0.05) is 54.6 Å². The van der Waals surface area contributed by atoms with Crippen LogP contribution in [-0.2, 0) is 16.0 Å². The molecule has 1 aliphatic rings. The van der Waals surface area contributed by atoms with E-state index in [1.165, 1.54) is 0 Å². The van der Waals surface area contributed by atoms with Crippen LogP contribution in [-0.4, -0.2) is 29.8 Å². The number of piperidine rings is 1. The van der Waals surface area contributed by atoms with Crippen LogP contribution in [0.4, 0.5) is 5.69 Å². The number of carbonyl (C=O) groups is 2. The van der Waals surface area contributed by atoms with Gasteiger partial charge in [-0.15, -0.1) is 0 Å². The van der Waals surface area contributed by atoms with Crippen LogP contribution in [0, 0.1) is 19.8 Å². The number of rotatable bonds is 4. The van der Waals surface area contributed by atoms with Crippen LogP contribution < -0.4 is 5.32 Å². The maximum Gasteiger partial charge on any atom is 0.229 e. The fourth-order valence-electron chi connectivity index (χ4n) is 4.26. The number of nitrogens with one attached hydrogen (secondary N) is 1. The molecule has 0 aromatic heterocycles. The Morgan fingerprint density at radius 1 is 1.00 bits per heavy atom. The summed E-state index contributed by atoms with van der Waals surface area (Å²) in [6.45, 7) is 5.27. The molecule has 4 heteroatoms. The summed E-state index contributed by atoms with van der Waals surface area (Å²) >= 11 is 0. The second-order valence-electron chi connectivity index (χ2n) is 8.23. The smallest absolute Gasteiger partial charge is 0.229 e. The van der Waals surface area contributed by atoms with Crippen LogP contribution in [0.2, 0.25) is 0 Å². The topological polar surface area (TPSA) is 49.4 Å². The van der Waals surface area contributed by atoms with E-state index in [0.717, 1.165) is 52.5 Å². The zero-order valence-corrected chi connectivity index (χ0v) is 17.7. The first-order chi connectivity index (χ1) is 14.5. The lowest BCUT2D eigenvalue weighted by atomic mass is 9.95. The molecular weight excluding hydrogens is 372 g/mol. The largest absolute Gasteiger partial charge is 0.342 e. The first-order valence-electron chi connectivity index (χ1n) is 10.6. The van der Waals surface area contributed by atoms with Crippen molar-refractivity contribution in [1.29, 1.82) is 0 Å². The number of amides is 2. The highest BCUT2D eigenvalue weighted by Gasteiger charge is 2.28. The van der Waals surface area contributed by atoms with Gasteiger partial charge in [0.25, 0.3) is 0 Å². The number of fused-ring (bicyclic) bond motifs is 1. The van der Waals surface area contributed by atoms with Crippen LogP contribution in [0.1, 0.15) is 29.5 Å². The molecule has 3 aromatic rings. The molecule has 4 nitrogen and oxygen atoms in total. The van der Waals surface area contributed by atoms with E-state index in [9.17, 15) is 9.59 Å². The van der Waals surface area contributed by atoms with Crippen LogP contribution in [0.15, 0.2) is 60.7 Å². The molecule has 30 heavy (non-hydrogen) atoms. The molecule has 0 bridgehead atoms. The molecule has 1 saturated heterocycles. The summed E-state index contributed by atoms with van der Waals surface area (Å²) in [5.41, 5.74) is 4.15. The van der Waals surface area contributed by atoms with Crippen molar-refractivity contribution in [3.05, 3.63) is 77.4 Å².